The standard InChI is InChI=1S/C14H8N2S2/c1-2-4-9(5-3-1)14-16-11-7-12-10(15-8-17-12)6-13(11)18-14/h1-8H. The molecule has 2 nitrogen and oxygen atoms in total. The van der Waals surface area contributed by atoms with Crippen LogP contribution < -0.4 is 0 Å². The Morgan fingerprint density at radius 1 is 0.889 bits per heavy atom. The average Bonchev–Trinajstić information content (AvgIpc) is 3.01. The first-order chi connectivity index (χ1) is 8.90. The molecule has 0 fully saturated rings. The molecule has 2 aromatic carbocycles. The van der Waals surface area contributed by atoms with E-state index in [-0.39, 0.29) is 0 Å². The minimum atomic E-state index is 1.07. The summed E-state index contributed by atoms with van der Waals surface area (Å²) >= 11 is 3.38. The van der Waals surface area contributed by atoms with Crippen molar-refractivity contribution in [3.8, 4) is 10.6 Å². The molecule has 0 saturated carbocycles. The number of fused-ring (bicyclic) bond motifs is 2. The molecular formula is C14H8N2S2. The number of benzene rings is 2. The molecule has 4 aromatic rings. The van der Waals surface area contributed by atoms with Gasteiger partial charge in [0.15, 0.2) is 0 Å². The van der Waals surface area contributed by atoms with Crippen molar-refractivity contribution in [2.24, 2.45) is 0 Å². The molecule has 0 spiro atoms. The molecule has 2 heterocycles. The van der Waals surface area contributed by atoms with Gasteiger partial charge in [-0.2, -0.15) is 0 Å². The van der Waals surface area contributed by atoms with Gasteiger partial charge in [-0.25, -0.2) is 9.97 Å². The van der Waals surface area contributed by atoms with Crippen LogP contribution in [0, 0.1) is 0 Å². The Morgan fingerprint density at radius 3 is 2.61 bits per heavy atom. The number of hydrogen-bond acceptors (Lipinski definition) is 4. The lowest BCUT2D eigenvalue weighted by Crippen LogP contribution is -1.73. The molecule has 0 aliphatic rings. The van der Waals surface area contributed by atoms with Gasteiger partial charge in [0.25, 0.3) is 0 Å². The van der Waals surface area contributed by atoms with Crippen molar-refractivity contribution in [3.63, 3.8) is 0 Å². The predicted octanol–water partition coefficient (Wildman–Crippen LogP) is 4.57. The Labute approximate surface area is 112 Å². The van der Waals surface area contributed by atoms with Crippen molar-refractivity contribution in [1.82, 2.24) is 9.97 Å². The molecule has 0 radical (unpaired) electrons. The first-order valence-corrected chi connectivity index (χ1v) is 7.29. The maximum atomic E-state index is 4.71. The van der Waals surface area contributed by atoms with Gasteiger partial charge in [0.2, 0.25) is 0 Å². The zero-order valence-corrected chi connectivity index (χ0v) is 11.0. The monoisotopic (exact) mass is 268 g/mol. The Bertz CT molecular complexity index is 783. The molecule has 4 heteroatoms. The Kier molecular flexibility index (Phi) is 2.18. The van der Waals surface area contributed by atoms with Gasteiger partial charge < -0.3 is 0 Å². The van der Waals surface area contributed by atoms with Gasteiger partial charge >= 0.3 is 0 Å². The lowest BCUT2D eigenvalue weighted by atomic mass is 10.2. The predicted molar refractivity (Wildman–Crippen MR) is 78.2 cm³/mol. The van der Waals surface area contributed by atoms with E-state index >= 15 is 0 Å². The van der Waals surface area contributed by atoms with Crippen LogP contribution >= 0.6 is 22.7 Å². The average molecular weight is 268 g/mol. The fourth-order valence-electron chi connectivity index (χ4n) is 1.98. The van der Waals surface area contributed by atoms with Gasteiger partial charge in [0, 0.05) is 5.56 Å². The highest BCUT2D eigenvalue weighted by Crippen LogP contribution is 2.33. The fraction of sp³-hybridized carbons (Fsp3) is 0. The van der Waals surface area contributed by atoms with Crippen LogP contribution in [0.5, 0.6) is 0 Å². The lowest BCUT2D eigenvalue weighted by molar-refractivity contribution is 1.48. The Balaban J connectivity index is 1.98. The second kappa shape index (κ2) is 3.86. The summed E-state index contributed by atoms with van der Waals surface area (Å²) < 4.78 is 2.40. The van der Waals surface area contributed by atoms with E-state index in [2.05, 4.69) is 29.2 Å². The van der Waals surface area contributed by atoms with Gasteiger partial charge in [0.1, 0.15) is 5.01 Å². The first-order valence-electron chi connectivity index (χ1n) is 5.59. The molecule has 18 heavy (non-hydrogen) atoms. The van der Waals surface area contributed by atoms with E-state index in [9.17, 15) is 0 Å². The molecule has 0 atom stereocenters. The maximum absolute atomic E-state index is 4.71. The number of nitrogens with zero attached hydrogens (tertiary/aromatic N) is 2. The van der Waals surface area contributed by atoms with Crippen LogP contribution in [0.1, 0.15) is 0 Å². The maximum Gasteiger partial charge on any atom is 0.124 e. The van der Waals surface area contributed by atoms with Crippen molar-refractivity contribution >= 4 is 43.1 Å². The number of aromatic nitrogens is 2. The van der Waals surface area contributed by atoms with E-state index in [1.54, 1.807) is 22.7 Å². The lowest BCUT2D eigenvalue weighted by Gasteiger charge is -1.92. The van der Waals surface area contributed by atoms with Crippen LogP contribution in [0.2, 0.25) is 0 Å². The van der Waals surface area contributed by atoms with E-state index < -0.39 is 0 Å². The third-order valence-electron chi connectivity index (χ3n) is 2.86. The highest BCUT2D eigenvalue weighted by molar-refractivity contribution is 7.22. The van der Waals surface area contributed by atoms with Crippen molar-refractivity contribution in [1.29, 1.82) is 0 Å². The van der Waals surface area contributed by atoms with E-state index in [0.29, 0.717) is 0 Å². The number of thiazole rings is 2. The fourth-order valence-corrected chi connectivity index (χ4v) is 3.66. The summed E-state index contributed by atoms with van der Waals surface area (Å²) in [5.74, 6) is 0. The summed E-state index contributed by atoms with van der Waals surface area (Å²) in [5.41, 5.74) is 5.19. The van der Waals surface area contributed by atoms with E-state index in [4.69, 9.17) is 4.98 Å². The van der Waals surface area contributed by atoms with Gasteiger partial charge in [-0.05, 0) is 12.1 Å². The van der Waals surface area contributed by atoms with Crippen molar-refractivity contribution in [2.75, 3.05) is 0 Å². The molecule has 86 valence electrons. The summed E-state index contributed by atoms with van der Waals surface area (Å²) in [4.78, 5) is 9.06. The normalized spacial score (nSPS) is 11.3. The smallest absolute Gasteiger partial charge is 0.124 e. The SMILES string of the molecule is c1ccc(-c2nc3cc4scnc4cc3s2)cc1. The second-order valence-electron chi connectivity index (χ2n) is 4.03. The molecule has 0 aliphatic carbocycles. The zero-order chi connectivity index (χ0) is 11.9. The van der Waals surface area contributed by atoms with Crippen molar-refractivity contribution < 1.29 is 0 Å². The largest absolute Gasteiger partial charge is 0.245 e. The minimum Gasteiger partial charge on any atom is -0.245 e. The van der Waals surface area contributed by atoms with Crippen molar-refractivity contribution in [3.05, 3.63) is 48.0 Å². The van der Waals surface area contributed by atoms with E-state index in [0.717, 1.165) is 16.0 Å². The molecule has 0 amide bonds. The van der Waals surface area contributed by atoms with Gasteiger partial charge in [-0.3, -0.25) is 0 Å². The molecular weight excluding hydrogens is 260 g/mol. The summed E-state index contributed by atoms with van der Waals surface area (Å²) in [5, 5.41) is 1.07. The van der Waals surface area contributed by atoms with Crippen molar-refractivity contribution in [2.45, 2.75) is 0 Å². The van der Waals surface area contributed by atoms with Gasteiger partial charge in [0.05, 0.1) is 25.9 Å². The molecule has 0 unspecified atom stereocenters. The topological polar surface area (TPSA) is 25.8 Å². The third-order valence-corrected chi connectivity index (χ3v) is 4.72. The Hall–Kier alpha value is -1.78. The van der Waals surface area contributed by atoms with Crippen LogP contribution in [-0.2, 0) is 0 Å². The highest BCUT2D eigenvalue weighted by Gasteiger charge is 2.08. The molecule has 0 aliphatic heterocycles. The Morgan fingerprint density at radius 2 is 1.72 bits per heavy atom. The minimum absolute atomic E-state index is 1.07. The molecule has 0 N–H and O–H groups in total. The van der Waals surface area contributed by atoms with Crippen LogP contribution in [0.4, 0.5) is 0 Å². The number of hydrogen-bond donors (Lipinski definition) is 0. The third kappa shape index (κ3) is 1.54. The highest BCUT2D eigenvalue weighted by atomic mass is 32.1. The van der Waals surface area contributed by atoms with Crippen LogP contribution in [-0.4, -0.2) is 9.97 Å². The van der Waals surface area contributed by atoms with Crippen LogP contribution in [0.15, 0.2) is 48.0 Å². The van der Waals surface area contributed by atoms with E-state index in [1.165, 1.54) is 15.0 Å². The molecule has 0 bridgehead atoms. The summed E-state index contributed by atoms with van der Waals surface area (Å²) in [6.45, 7) is 0. The van der Waals surface area contributed by atoms with Gasteiger partial charge in [-0.15, -0.1) is 22.7 Å². The summed E-state index contributed by atoms with van der Waals surface area (Å²) in [6, 6.07) is 14.6. The zero-order valence-electron chi connectivity index (χ0n) is 9.33. The quantitative estimate of drug-likeness (QED) is 0.505. The first kappa shape index (κ1) is 10.2. The van der Waals surface area contributed by atoms with E-state index in [1.807, 2.05) is 23.7 Å². The van der Waals surface area contributed by atoms with Crippen LogP contribution in [0.25, 0.3) is 31.0 Å². The second-order valence-corrected chi connectivity index (χ2v) is 5.94. The summed E-state index contributed by atoms with van der Waals surface area (Å²) in [6.07, 6.45) is 0. The van der Waals surface area contributed by atoms with Gasteiger partial charge in [-0.1, -0.05) is 30.3 Å². The number of rotatable bonds is 1. The summed E-state index contributed by atoms with van der Waals surface area (Å²) in [7, 11) is 0. The molecule has 0 saturated heterocycles. The van der Waals surface area contributed by atoms with Crippen LogP contribution in [0.3, 0.4) is 0 Å². The molecule has 2 aromatic heterocycles. The molecule has 4 rings (SSSR count).